The van der Waals surface area contributed by atoms with E-state index in [1.54, 1.807) is 0 Å². The lowest BCUT2D eigenvalue weighted by Crippen LogP contribution is -1.99. The molecule has 0 aliphatic carbocycles. The van der Waals surface area contributed by atoms with Crippen LogP contribution in [0.2, 0.25) is 0 Å². The Kier molecular flexibility index (Phi) is 2.95. The third-order valence-electron chi connectivity index (χ3n) is 3.31. The van der Waals surface area contributed by atoms with Crippen LogP contribution in [0, 0.1) is 0 Å². The molecule has 3 rings (SSSR count). The molecule has 0 fully saturated rings. The van der Waals surface area contributed by atoms with Gasteiger partial charge >= 0.3 is 5.97 Å². The van der Waals surface area contributed by atoms with Gasteiger partial charge in [-0.2, -0.15) is 0 Å². The van der Waals surface area contributed by atoms with E-state index in [-0.39, 0.29) is 6.42 Å². The quantitative estimate of drug-likeness (QED) is 0.916. The Morgan fingerprint density at radius 2 is 2.00 bits per heavy atom. The number of aliphatic carboxylic acids is 1. The Balaban J connectivity index is 1.95. The lowest BCUT2D eigenvalue weighted by molar-refractivity contribution is -0.136. The van der Waals surface area contributed by atoms with E-state index in [4.69, 9.17) is 9.84 Å². The smallest absolute Gasteiger partial charge is 0.307 e. The van der Waals surface area contributed by atoms with Gasteiger partial charge in [0.1, 0.15) is 5.75 Å². The van der Waals surface area contributed by atoms with Crippen molar-refractivity contribution in [3.8, 4) is 16.9 Å². The normalized spacial score (nSPS) is 12.8. The van der Waals surface area contributed by atoms with Crippen molar-refractivity contribution in [2.75, 3.05) is 6.61 Å². The first-order valence-electron chi connectivity index (χ1n) is 6.29. The van der Waals surface area contributed by atoms with Crippen LogP contribution in [-0.2, 0) is 17.6 Å². The molecule has 3 nitrogen and oxygen atoms in total. The summed E-state index contributed by atoms with van der Waals surface area (Å²) in [6.07, 6.45) is 1.02. The van der Waals surface area contributed by atoms with E-state index in [9.17, 15) is 4.79 Å². The first-order valence-corrected chi connectivity index (χ1v) is 6.29. The minimum atomic E-state index is -0.811. The molecule has 0 bridgehead atoms. The molecule has 1 aliphatic rings. The van der Waals surface area contributed by atoms with Crippen LogP contribution in [0.4, 0.5) is 0 Å². The van der Waals surface area contributed by atoms with Gasteiger partial charge in [-0.1, -0.05) is 36.4 Å². The van der Waals surface area contributed by atoms with Crippen LogP contribution in [0.15, 0.2) is 42.5 Å². The molecule has 0 saturated heterocycles. The number of fused-ring (bicyclic) bond motifs is 1. The molecule has 0 atom stereocenters. The van der Waals surface area contributed by atoms with Gasteiger partial charge < -0.3 is 9.84 Å². The molecule has 0 radical (unpaired) electrons. The second-order valence-corrected chi connectivity index (χ2v) is 4.69. The first kappa shape index (κ1) is 11.8. The topological polar surface area (TPSA) is 46.5 Å². The number of ether oxygens (including phenoxy) is 1. The Bertz CT molecular complexity index is 632. The molecule has 0 amide bonds. The van der Waals surface area contributed by atoms with E-state index < -0.39 is 5.97 Å². The molecule has 1 aliphatic heterocycles. The maximum absolute atomic E-state index is 10.7. The van der Waals surface area contributed by atoms with Crippen molar-refractivity contribution in [3.63, 3.8) is 0 Å². The van der Waals surface area contributed by atoms with Gasteiger partial charge in [0, 0.05) is 6.42 Å². The van der Waals surface area contributed by atoms with Crippen molar-refractivity contribution < 1.29 is 14.6 Å². The van der Waals surface area contributed by atoms with Gasteiger partial charge in [-0.15, -0.1) is 0 Å². The van der Waals surface area contributed by atoms with Crippen LogP contribution in [0.5, 0.6) is 5.75 Å². The third-order valence-corrected chi connectivity index (χ3v) is 3.31. The molecule has 2 aromatic carbocycles. The highest BCUT2D eigenvalue weighted by Crippen LogP contribution is 2.31. The zero-order valence-electron chi connectivity index (χ0n) is 10.4. The van der Waals surface area contributed by atoms with Gasteiger partial charge in [0.05, 0.1) is 13.0 Å². The number of carbonyl (C=O) groups is 1. The summed E-state index contributed by atoms with van der Waals surface area (Å²) in [6, 6.07) is 13.8. The van der Waals surface area contributed by atoms with Crippen LogP contribution < -0.4 is 4.74 Å². The van der Waals surface area contributed by atoms with Gasteiger partial charge in [-0.25, -0.2) is 0 Å². The fourth-order valence-corrected chi connectivity index (χ4v) is 2.38. The average Bonchev–Trinajstić information content (AvgIpc) is 2.85. The van der Waals surface area contributed by atoms with Gasteiger partial charge in [0.2, 0.25) is 0 Å². The molecule has 1 heterocycles. The summed E-state index contributed by atoms with van der Waals surface area (Å²) in [5.41, 5.74) is 4.14. The number of rotatable bonds is 3. The molecule has 0 unspecified atom stereocenters. The van der Waals surface area contributed by atoms with Gasteiger partial charge in [0.25, 0.3) is 0 Å². The number of hydrogen-bond acceptors (Lipinski definition) is 2. The van der Waals surface area contributed by atoms with Crippen molar-refractivity contribution in [2.45, 2.75) is 12.8 Å². The maximum Gasteiger partial charge on any atom is 0.307 e. The van der Waals surface area contributed by atoms with Crippen molar-refractivity contribution in [2.24, 2.45) is 0 Å². The van der Waals surface area contributed by atoms with Crippen LogP contribution in [0.3, 0.4) is 0 Å². The van der Waals surface area contributed by atoms with Crippen molar-refractivity contribution >= 4 is 5.97 Å². The molecular weight excluding hydrogens is 240 g/mol. The Morgan fingerprint density at radius 1 is 1.16 bits per heavy atom. The van der Waals surface area contributed by atoms with E-state index >= 15 is 0 Å². The molecule has 2 aromatic rings. The van der Waals surface area contributed by atoms with Gasteiger partial charge in [0.15, 0.2) is 0 Å². The second kappa shape index (κ2) is 4.76. The zero-order chi connectivity index (χ0) is 13.2. The standard InChI is InChI=1S/C16H14O3/c17-16(18)9-11-2-1-3-13(8-11)14-5-4-12-6-7-19-15(12)10-14/h1-5,8,10H,6-7,9H2,(H,17,18). The van der Waals surface area contributed by atoms with Gasteiger partial charge in [-0.05, 0) is 28.3 Å². The monoisotopic (exact) mass is 254 g/mol. The lowest BCUT2D eigenvalue weighted by Gasteiger charge is -2.06. The van der Waals surface area contributed by atoms with Gasteiger partial charge in [-0.3, -0.25) is 4.79 Å². The highest BCUT2D eigenvalue weighted by molar-refractivity contribution is 5.72. The Labute approximate surface area is 111 Å². The van der Waals surface area contributed by atoms with Crippen LogP contribution in [-0.4, -0.2) is 17.7 Å². The molecule has 0 spiro atoms. The van der Waals surface area contributed by atoms with Crippen LogP contribution in [0.25, 0.3) is 11.1 Å². The number of hydrogen-bond donors (Lipinski definition) is 1. The predicted molar refractivity (Wildman–Crippen MR) is 72.4 cm³/mol. The molecular formula is C16H14O3. The van der Waals surface area contributed by atoms with E-state index in [0.29, 0.717) is 0 Å². The fraction of sp³-hybridized carbons (Fsp3) is 0.188. The van der Waals surface area contributed by atoms with E-state index in [1.165, 1.54) is 5.56 Å². The summed E-state index contributed by atoms with van der Waals surface area (Å²) in [5, 5.41) is 8.84. The molecule has 1 N–H and O–H groups in total. The van der Waals surface area contributed by atoms with Crippen LogP contribution >= 0.6 is 0 Å². The summed E-state index contributed by atoms with van der Waals surface area (Å²) < 4.78 is 5.56. The number of carboxylic acids is 1. The molecule has 96 valence electrons. The van der Waals surface area contributed by atoms with Crippen LogP contribution in [0.1, 0.15) is 11.1 Å². The summed E-state index contributed by atoms with van der Waals surface area (Å²) in [5.74, 6) is 0.135. The first-order chi connectivity index (χ1) is 9.22. The summed E-state index contributed by atoms with van der Waals surface area (Å²) in [7, 11) is 0. The Morgan fingerprint density at radius 3 is 2.84 bits per heavy atom. The minimum Gasteiger partial charge on any atom is -0.493 e. The SMILES string of the molecule is O=C(O)Cc1cccc(-c2ccc3c(c2)OCC3)c1. The Hall–Kier alpha value is -2.29. The highest BCUT2D eigenvalue weighted by Gasteiger charge is 2.12. The fourth-order valence-electron chi connectivity index (χ4n) is 2.38. The molecule has 0 aromatic heterocycles. The summed E-state index contributed by atoms with van der Waals surface area (Å²) >= 11 is 0. The predicted octanol–water partition coefficient (Wildman–Crippen LogP) is 2.92. The van der Waals surface area contributed by atoms with Crippen molar-refractivity contribution in [1.29, 1.82) is 0 Å². The highest BCUT2D eigenvalue weighted by atomic mass is 16.5. The zero-order valence-corrected chi connectivity index (χ0v) is 10.4. The third kappa shape index (κ3) is 2.45. The molecule has 19 heavy (non-hydrogen) atoms. The maximum atomic E-state index is 10.7. The summed E-state index contributed by atoms with van der Waals surface area (Å²) in [4.78, 5) is 10.7. The second-order valence-electron chi connectivity index (χ2n) is 4.69. The number of carboxylic acid groups (broad SMARTS) is 1. The van der Waals surface area contributed by atoms with E-state index in [1.807, 2.05) is 30.3 Å². The lowest BCUT2D eigenvalue weighted by atomic mass is 10.00. The summed E-state index contributed by atoms with van der Waals surface area (Å²) in [6.45, 7) is 0.748. The van der Waals surface area contributed by atoms with Crippen molar-refractivity contribution in [1.82, 2.24) is 0 Å². The van der Waals surface area contributed by atoms with E-state index in [0.717, 1.165) is 35.5 Å². The number of benzene rings is 2. The van der Waals surface area contributed by atoms with Crippen molar-refractivity contribution in [3.05, 3.63) is 53.6 Å². The van der Waals surface area contributed by atoms with E-state index in [2.05, 4.69) is 12.1 Å². The minimum absolute atomic E-state index is 0.0509. The molecule has 0 saturated carbocycles. The average molecular weight is 254 g/mol. The largest absolute Gasteiger partial charge is 0.493 e. The molecule has 3 heteroatoms.